The van der Waals surface area contributed by atoms with Gasteiger partial charge in [0.15, 0.2) is 0 Å². The molecule has 0 radical (unpaired) electrons. The van der Waals surface area contributed by atoms with Crippen molar-refractivity contribution in [1.82, 2.24) is 5.32 Å². The van der Waals surface area contributed by atoms with Gasteiger partial charge in [-0.3, -0.25) is 0 Å². The molecule has 78 valence electrons. The summed E-state index contributed by atoms with van der Waals surface area (Å²) in [6.45, 7) is 0.465. The topological polar surface area (TPSA) is 12.0 Å². The van der Waals surface area contributed by atoms with Crippen molar-refractivity contribution in [1.29, 1.82) is 0 Å². The molecule has 1 aliphatic rings. The van der Waals surface area contributed by atoms with Crippen molar-refractivity contribution < 1.29 is 22.0 Å². The summed E-state index contributed by atoms with van der Waals surface area (Å²) in [4.78, 5) is 0. The molecule has 0 saturated carbocycles. The average Bonchev–Trinajstić information content (AvgIpc) is 2.04. The minimum Gasteiger partial charge on any atom is -0.317 e. The average molecular weight is 203 g/mol. The summed E-state index contributed by atoms with van der Waals surface area (Å²) in [6, 6.07) is 0. The van der Waals surface area contributed by atoms with Gasteiger partial charge in [0.1, 0.15) is 0 Å². The van der Waals surface area contributed by atoms with E-state index >= 15 is 0 Å². The van der Waals surface area contributed by atoms with Crippen molar-refractivity contribution >= 4 is 0 Å². The molecule has 0 bridgehead atoms. The minimum absolute atomic E-state index is 0.119. The SMILES string of the molecule is FC(F)(F)C(F)(F)C1CCNCC1. The number of hydrogen-bond acceptors (Lipinski definition) is 1. The Bertz CT molecular complexity index is 170. The van der Waals surface area contributed by atoms with Crippen molar-refractivity contribution in [2.75, 3.05) is 13.1 Å². The molecule has 1 nitrogen and oxygen atoms in total. The molecule has 6 heteroatoms. The largest absolute Gasteiger partial charge is 0.453 e. The Morgan fingerprint density at radius 2 is 1.38 bits per heavy atom. The predicted molar refractivity (Wildman–Crippen MR) is 36.6 cm³/mol. The van der Waals surface area contributed by atoms with Crippen molar-refractivity contribution in [3.05, 3.63) is 0 Å². The third-order valence-corrected chi connectivity index (χ3v) is 2.23. The van der Waals surface area contributed by atoms with Gasteiger partial charge in [-0.15, -0.1) is 0 Å². The van der Waals surface area contributed by atoms with Crippen LogP contribution in [0.15, 0.2) is 0 Å². The molecule has 0 atom stereocenters. The van der Waals surface area contributed by atoms with E-state index < -0.39 is 18.0 Å². The van der Waals surface area contributed by atoms with Crippen molar-refractivity contribution in [2.24, 2.45) is 5.92 Å². The van der Waals surface area contributed by atoms with Crippen molar-refractivity contribution in [3.8, 4) is 0 Å². The lowest BCUT2D eigenvalue weighted by Gasteiger charge is -2.31. The molecule has 1 rings (SSSR count). The van der Waals surface area contributed by atoms with Gasteiger partial charge in [0, 0.05) is 5.92 Å². The van der Waals surface area contributed by atoms with Crippen LogP contribution in [0, 0.1) is 5.92 Å². The molecule has 0 unspecified atom stereocenters. The van der Waals surface area contributed by atoms with Gasteiger partial charge in [-0.2, -0.15) is 22.0 Å². The third kappa shape index (κ3) is 2.10. The van der Waals surface area contributed by atoms with Crippen LogP contribution in [-0.4, -0.2) is 25.2 Å². The highest BCUT2D eigenvalue weighted by atomic mass is 19.4. The minimum atomic E-state index is -5.41. The van der Waals surface area contributed by atoms with Gasteiger partial charge >= 0.3 is 12.1 Å². The first kappa shape index (κ1) is 10.7. The van der Waals surface area contributed by atoms with Crippen LogP contribution < -0.4 is 5.32 Å². The second-order valence-corrected chi connectivity index (χ2v) is 3.14. The Kier molecular flexibility index (Phi) is 2.79. The predicted octanol–water partition coefficient (Wildman–Crippen LogP) is 2.18. The molecule has 1 heterocycles. The summed E-state index contributed by atoms with van der Waals surface area (Å²) in [7, 11) is 0. The van der Waals surface area contributed by atoms with Gasteiger partial charge in [-0.1, -0.05) is 0 Å². The fourth-order valence-corrected chi connectivity index (χ4v) is 1.42. The number of piperidine rings is 1. The Morgan fingerprint density at radius 1 is 0.923 bits per heavy atom. The molecule has 1 fully saturated rings. The maximum absolute atomic E-state index is 12.7. The zero-order valence-electron chi connectivity index (χ0n) is 6.80. The first-order chi connectivity index (χ1) is 5.86. The Hall–Kier alpha value is -0.390. The molecule has 0 aromatic heterocycles. The number of rotatable bonds is 1. The molecule has 0 aromatic rings. The van der Waals surface area contributed by atoms with Gasteiger partial charge in [0.25, 0.3) is 0 Å². The van der Waals surface area contributed by atoms with E-state index in [9.17, 15) is 22.0 Å². The lowest BCUT2D eigenvalue weighted by atomic mass is 9.91. The van der Waals surface area contributed by atoms with E-state index in [4.69, 9.17) is 0 Å². The van der Waals surface area contributed by atoms with Gasteiger partial charge < -0.3 is 5.32 Å². The second kappa shape index (κ2) is 3.40. The Balaban J connectivity index is 2.67. The van der Waals surface area contributed by atoms with Crippen LogP contribution in [0.2, 0.25) is 0 Å². The molecule has 0 aromatic carbocycles. The molecule has 0 amide bonds. The van der Waals surface area contributed by atoms with E-state index in [0.717, 1.165) is 0 Å². The van der Waals surface area contributed by atoms with E-state index in [1.54, 1.807) is 0 Å². The van der Waals surface area contributed by atoms with E-state index in [0.29, 0.717) is 0 Å². The van der Waals surface area contributed by atoms with Gasteiger partial charge in [-0.05, 0) is 25.9 Å². The number of alkyl halides is 5. The standard InChI is InChI=1S/C7H10F5N/c8-6(9,7(10,11)12)5-1-3-13-4-2-5/h5,13H,1-4H2. The van der Waals surface area contributed by atoms with Crippen LogP contribution in [0.5, 0.6) is 0 Å². The van der Waals surface area contributed by atoms with Gasteiger partial charge in [0.05, 0.1) is 0 Å². The molecular formula is C7H10F5N. The third-order valence-electron chi connectivity index (χ3n) is 2.23. The molecule has 0 spiro atoms. The van der Waals surface area contributed by atoms with Crippen molar-refractivity contribution in [3.63, 3.8) is 0 Å². The quantitative estimate of drug-likeness (QED) is 0.644. The maximum atomic E-state index is 12.7. The summed E-state index contributed by atoms with van der Waals surface area (Å²) in [5, 5.41) is 2.74. The van der Waals surface area contributed by atoms with Crippen LogP contribution in [0.4, 0.5) is 22.0 Å². The van der Waals surface area contributed by atoms with Crippen LogP contribution in [0.3, 0.4) is 0 Å². The summed E-state index contributed by atoms with van der Waals surface area (Å²) in [6.07, 6.45) is -5.64. The normalized spacial score (nSPS) is 21.9. The van der Waals surface area contributed by atoms with Crippen LogP contribution >= 0.6 is 0 Å². The number of hydrogen-bond donors (Lipinski definition) is 1. The second-order valence-electron chi connectivity index (χ2n) is 3.14. The number of halogens is 5. The van der Waals surface area contributed by atoms with E-state index in [1.165, 1.54) is 0 Å². The highest BCUT2D eigenvalue weighted by molar-refractivity contribution is 4.86. The van der Waals surface area contributed by atoms with E-state index in [1.807, 2.05) is 0 Å². The zero-order valence-corrected chi connectivity index (χ0v) is 6.80. The van der Waals surface area contributed by atoms with Gasteiger partial charge in [-0.25, -0.2) is 0 Å². The van der Waals surface area contributed by atoms with E-state index in [-0.39, 0.29) is 25.9 Å². The lowest BCUT2D eigenvalue weighted by molar-refractivity contribution is -0.304. The molecule has 1 aliphatic heterocycles. The van der Waals surface area contributed by atoms with E-state index in [2.05, 4.69) is 5.32 Å². The lowest BCUT2D eigenvalue weighted by Crippen LogP contribution is -2.47. The highest BCUT2D eigenvalue weighted by Crippen LogP contribution is 2.44. The number of nitrogens with one attached hydrogen (secondary N) is 1. The summed E-state index contributed by atoms with van der Waals surface area (Å²) < 4.78 is 60.9. The highest BCUT2D eigenvalue weighted by Gasteiger charge is 2.61. The monoisotopic (exact) mass is 203 g/mol. The summed E-state index contributed by atoms with van der Waals surface area (Å²) in [5.41, 5.74) is 0. The molecule has 0 aliphatic carbocycles. The Labute approximate surface area is 72.3 Å². The first-order valence-corrected chi connectivity index (χ1v) is 4.01. The fraction of sp³-hybridized carbons (Fsp3) is 1.00. The maximum Gasteiger partial charge on any atom is 0.453 e. The smallest absolute Gasteiger partial charge is 0.317 e. The zero-order chi connectivity index (χ0) is 10.1. The Morgan fingerprint density at radius 3 is 1.77 bits per heavy atom. The summed E-state index contributed by atoms with van der Waals surface area (Å²) in [5.74, 6) is -6.09. The molecular weight excluding hydrogens is 193 g/mol. The molecule has 1 N–H and O–H groups in total. The summed E-state index contributed by atoms with van der Waals surface area (Å²) >= 11 is 0. The van der Waals surface area contributed by atoms with Crippen LogP contribution in [-0.2, 0) is 0 Å². The van der Waals surface area contributed by atoms with Crippen LogP contribution in [0.1, 0.15) is 12.8 Å². The van der Waals surface area contributed by atoms with Crippen LogP contribution in [0.25, 0.3) is 0 Å². The molecule has 13 heavy (non-hydrogen) atoms. The fourth-order valence-electron chi connectivity index (χ4n) is 1.42. The first-order valence-electron chi connectivity index (χ1n) is 4.01. The van der Waals surface area contributed by atoms with Crippen molar-refractivity contribution in [2.45, 2.75) is 24.9 Å². The van der Waals surface area contributed by atoms with Gasteiger partial charge in [0.2, 0.25) is 0 Å². The molecule has 1 saturated heterocycles.